The van der Waals surface area contributed by atoms with Crippen molar-refractivity contribution in [3.8, 4) is 0 Å². The zero-order valence-electron chi connectivity index (χ0n) is 19.5. The number of sulfonamides is 1. The van der Waals surface area contributed by atoms with Crippen LogP contribution < -0.4 is 9.73 Å². The van der Waals surface area contributed by atoms with Gasteiger partial charge < -0.3 is 14.5 Å². The number of hydrazone groups is 1. The van der Waals surface area contributed by atoms with Crippen LogP contribution in [-0.2, 0) is 14.8 Å². The Morgan fingerprint density at radius 2 is 1.65 bits per heavy atom. The van der Waals surface area contributed by atoms with Gasteiger partial charge in [0, 0.05) is 43.5 Å². The van der Waals surface area contributed by atoms with Crippen molar-refractivity contribution in [1.82, 2.24) is 9.73 Å². The second-order valence-corrected chi connectivity index (χ2v) is 10.6. The summed E-state index contributed by atoms with van der Waals surface area (Å²) in [7, 11) is -3.92. The van der Waals surface area contributed by atoms with Gasteiger partial charge in [-0.1, -0.05) is 17.7 Å². The maximum atomic E-state index is 14.0. The first kappa shape index (κ1) is 25.4. The number of benzene rings is 2. The van der Waals surface area contributed by atoms with Crippen LogP contribution >= 0.6 is 0 Å². The summed E-state index contributed by atoms with van der Waals surface area (Å²) in [5.41, 5.74) is 0.807. The summed E-state index contributed by atoms with van der Waals surface area (Å²) in [4.78, 5) is 17.7. The molecule has 0 aromatic heterocycles. The van der Waals surface area contributed by atoms with E-state index in [1.807, 2.05) is 6.92 Å². The third-order valence-corrected chi connectivity index (χ3v) is 6.29. The monoisotopic (exact) mass is 494 g/mol. The molecule has 0 atom stereocenters. The number of ether oxygens (including phenoxy) is 1. The number of anilines is 1. The number of hydrogen-bond donors (Lipinski definition) is 1. The molecule has 1 fully saturated rings. The lowest BCUT2D eigenvalue weighted by atomic mass is 10.1. The highest BCUT2D eigenvalue weighted by Gasteiger charge is 2.27. The van der Waals surface area contributed by atoms with Crippen LogP contribution in [0.25, 0.3) is 0 Å². The van der Waals surface area contributed by atoms with Crippen LogP contribution in [0, 0.1) is 18.6 Å². The summed E-state index contributed by atoms with van der Waals surface area (Å²) in [5, 5.41) is 3.76. The van der Waals surface area contributed by atoms with Gasteiger partial charge in [-0.15, -0.1) is 0 Å². The molecular weight excluding hydrogens is 466 g/mol. The third kappa shape index (κ3) is 6.43. The SMILES string of the molecule is Cc1ccc(S(=O)(=O)N/N=C/c2cc(F)c(F)cc2N2CCN(C(=O)OC(C)(C)C)CC2)cc1. The van der Waals surface area contributed by atoms with E-state index in [2.05, 4.69) is 9.93 Å². The Hall–Kier alpha value is -3.21. The maximum Gasteiger partial charge on any atom is 0.410 e. The maximum absolute atomic E-state index is 14.0. The molecule has 0 spiro atoms. The standard InChI is InChI=1S/C23H28F2N4O4S/c1-16-5-7-18(8-6-16)34(31,32)27-26-15-17-13-19(24)20(25)14-21(17)28-9-11-29(12-10-28)22(30)33-23(2,3)4/h5-8,13-15,27H,9-12H2,1-4H3/b26-15+. The van der Waals surface area contributed by atoms with Crippen LogP contribution in [0.4, 0.5) is 19.3 Å². The van der Waals surface area contributed by atoms with Crippen LogP contribution in [0.2, 0.25) is 0 Å². The number of aryl methyl sites for hydroxylation is 1. The van der Waals surface area contributed by atoms with Crippen molar-refractivity contribution in [3.05, 3.63) is 59.2 Å². The Bertz CT molecular complexity index is 1170. The Kier molecular flexibility index (Phi) is 7.44. The Morgan fingerprint density at radius 3 is 2.24 bits per heavy atom. The van der Waals surface area contributed by atoms with Gasteiger partial charge in [0.25, 0.3) is 10.0 Å². The Labute approximate surface area is 198 Å². The predicted octanol–water partition coefficient (Wildman–Crippen LogP) is 3.64. The van der Waals surface area contributed by atoms with Gasteiger partial charge in [0.15, 0.2) is 11.6 Å². The summed E-state index contributed by atoms with van der Waals surface area (Å²) in [6.07, 6.45) is 0.689. The Balaban J connectivity index is 1.74. The number of halogens is 2. The van der Waals surface area contributed by atoms with Gasteiger partial charge in [-0.25, -0.2) is 18.4 Å². The van der Waals surface area contributed by atoms with Crippen molar-refractivity contribution in [1.29, 1.82) is 0 Å². The molecule has 1 aliphatic rings. The molecular formula is C23H28F2N4O4S. The lowest BCUT2D eigenvalue weighted by Crippen LogP contribution is -2.50. The molecule has 0 saturated carbocycles. The van der Waals surface area contributed by atoms with E-state index in [1.165, 1.54) is 12.1 Å². The molecule has 34 heavy (non-hydrogen) atoms. The molecule has 11 heteroatoms. The van der Waals surface area contributed by atoms with Gasteiger partial charge >= 0.3 is 6.09 Å². The first-order chi connectivity index (χ1) is 15.9. The van der Waals surface area contributed by atoms with Crippen LogP contribution in [-0.4, -0.2) is 57.4 Å². The lowest BCUT2D eigenvalue weighted by Gasteiger charge is -2.37. The molecule has 0 unspecified atom stereocenters. The van der Waals surface area contributed by atoms with E-state index in [9.17, 15) is 22.0 Å². The fourth-order valence-corrected chi connectivity index (χ4v) is 4.11. The van der Waals surface area contributed by atoms with Crippen LogP contribution in [0.5, 0.6) is 0 Å². The normalized spacial score (nSPS) is 15.0. The molecule has 0 radical (unpaired) electrons. The summed E-state index contributed by atoms with van der Waals surface area (Å²) in [5.74, 6) is -2.12. The molecule has 1 heterocycles. The summed E-state index contributed by atoms with van der Waals surface area (Å²) < 4.78 is 58.2. The van der Waals surface area contributed by atoms with Gasteiger partial charge in [0.1, 0.15) is 5.60 Å². The minimum atomic E-state index is -3.92. The second-order valence-electron chi connectivity index (χ2n) is 8.95. The van der Waals surface area contributed by atoms with E-state index in [4.69, 9.17) is 4.74 Å². The number of hydrogen-bond acceptors (Lipinski definition) is 6. The van der Waals surface area contributed by atoms with Crippen molar-refractivity contribution in [2.45, 2.75) is 38.2 Å². The molecule has 3 rings (SSSR count). The molecule has 1 aliphatic heterocycles. The van der Waals surface area contributed by atoms with Crippen molar-refractivity contribution in [3.63, 3.8) is 0 Å². The van der Waals surface area contributed by atoms with E-state index in [0.29, 0.717) is 31.9 Å². The molecule has 1 amide bonds. The molecule has 8 nitrogen and oxygen atoms in total. The average Bonchev–Trinajstić information content (AvgIpc) is 2.75. The predicted molar refractivity (Wildman–Crippen MR) is 125 cm³/mol. The summed E-state index contributed by atoms with van der Waals surface area (Å²) >= 11 is 0. The van der Waals surface area contributed by atoms with Crippen LogP contribution in [0.3, 0.4) is 0 Å². The number of carbonyl (C=O) groups excluding carboxylic acids is 1. The van der Waals surface area contributed by atoms with Crippen LogP contribution in [0.1, 0.15) is 31.9 Å². The van der Waals surface area contributed by atoms with Crippen molar-refractivity contribution in [2.75, 3.05) is 31.1 Å². The zero-order chi connectivity index (χ0) is 25.1. The van der Waals surface area contributed by atoms with E-state index in [1.54, 1.807) is 42.7 Å². The minimum Gasteiger partial charge on any atom is -0.444 e. The van der Waals surface area contributed by atoms with E-state index in [-0.39, 0.29) is 10.5 Å². The quantitative estimate of drug-likeness (QED) is 0.506. The topological polar surface area (TPSA) is 91.3 Å². The van der Waals surface area contributed by atoms with Crippen molar-refractivity contribution in [2.24, 2.45) is 5.10 Å². The highest BCUT2D eigenvalue weighted by molar-refractivity contribution is 7.89. The van der Waals surface area contributed by atoms with E-state index < -0.39 is 33.4 Å². The fraction of sp³-hybridized carbons (Fsp3) is 0.391. The number of nitrogens with one attached hydrogen (secondary N) is 1. The van der Waals surface area contributed by atoms with Crippen molar-refractivity contribution < 1.29 is 26.7 Å². The number of piperazine rings is 1. The molecule has 184 valence electrons. The van der Waals surface area contributed by atoms with Gasteiger partial charge in [0.05, 0.1) is 11.1 Å². The molecule has 1 saturated heterocycles. The molecule has 0 aliphatic carbocycles. The highest BCUT2D eigenvalue weighted by atomic mass is 32.2. The number of amides is 1. The number of nitrogens with zero attached hydrogens (tertiary/aromatic N) is 3. The van der Waals surface area contributed by atoms with Gasteiger partial charge in [0.2, 0.25) is 0 Å². The molecule has 2 aromatic rings. The van der Waals surface area contributed by atoms with Gasteiger partial charge in [-0.2, -0.15) is 13.5 Å². The van der Waals surface area contributed by atoms with Crippen molar-refractivity contribution >= 4 is 28.0 Å². The molecule has 1 N–H and O–H groups in total. The number of carbonyl (C=O) groups is 1. The zero-order valence-corrected chi connectivity index (χ0v) is 20.3. The Morgan fingerprint density at radius 1 is 1.06 bits per heavy atom. The fourth-order valence-electron chi connectivity index (χ4n) is 3.32. The smallest absolute Gasteiger partial charge is 0.410 e. The van der Waals surface area contributed by atoms with Crippen LogP contribution in [0.15, 0.2) is 46.4 Å². The largest absolute Gasteiger partial charge is 0.444 e. The lowest BCUT2D eigenvalue weighted by molar-refractivity contribution is 0.0240. The number of rotatable bonds is 5. The van der Waals surface area contributed by atoms with E-state index in [0.717, 1.165) is 23.9 Å². The summed E-state index contributed by atoms with van der Waals surface area (Å²) in [6.45, 7) is 8.51. The minimum absolute atomic E-state index is 0.0269. The van der Waals surface area contributed by atoms with Gasteiger partial charge in [-0.3, -0.25) is 0 Å². The average molecular weight is 495 g/mol. The molecule has 2 aromatic carbocycles. The highest BCUT2D eigenvalue weighted by Crippen LogP contribution is 2.25. The first-order valence-electron chi connectivity index (χ1n) is 10.7. The second kappa shape index (κ2) is 9.96. The van der Waals surface area contributed by atoms with Gasteiger partial charge in [-0.05, 0) is 45.9 Å². The summed E-state index contributed by atoms with van der Waals surface area (Å²) in [6, 6.07) is 8.19. The van der Waals surface area contributed by atoms with E-state index >= 15 is 0 Å². The third-order valence-electron chi connectivity index (χ3n) is 5.05. The first-order valence-corrected chi connectivity index (χ1v) is 12.2. The molecule has 0 bridgehead atoms.